The molecule has 0 bridgehead atoms. The summed E-state index contributed by atoms with van der Waals surface area (Å²) < 4.78 is 13.5. The number of hydrogen-bond acceptors (Lipinski definition) is 4. The summed E-state index contributed by atoms with van der Waals surface area (Å²) in [5.41, 5.74) is 3.06. The molecule has 1 aliphatic rings. The van der Waals surface area contributed by atoms with Gasteiger partial charge in [0.2, 0.25) is 0 Å². The van der Waals surface area contributed by atoms with Crippen molar-refractivity contribution in [3.05, 3.63) is 57.7 Å². The zero-order chi connectivity index (χ0) is 19.5. The van der Waals surface area contributed by atoms with Crippen molar-refractivity contribution in [2.75, 3.05) is 14.2 Å². The van der Waals surface area contributed by atoms with Gasteiger partial charge in [0.1, 0.15) is 11.5 Å². The van der Waals surface area contributed by atoms with E-state index in [1.165, 1.54) is 25.7 Å². The minimum Gasteiger partial charge on any atom is -0.497 e. The Hall–Kier alpha value is -2.24. The fourth-order valence-corrected chi connectivity index (χ4v) is 4.86. The van der Waals surface area contributed by atoms with E-state index in [1.807, 2.05) is 42.5 Å². The lowest BCUT2D eigenvalue weighted by atomic mass is 10.1. The van der Waals surface area contributed by atoms with Crippen molar-refractivity contribution in [1.29, 1.82) is 0 Å². The molecule has 1 aromatic heterocycles. The second kappa shape index (κ2) is 8.41. The Labute approximate surface area is 174 Å². The highest BCUT2D eigenvalue weighted by Gasteiger charge is 2.23. The summed E-state index contributed by atoms with van der Waals surface area (Å²) in [7, 11) is 3.39. The highest BCUT2D eigenvalue weighted by Crippen LogP contribution is 2.38. The predicted molar refractivity (Wildman–Crippen MR) is 115 cm³/mol. The molecular formula is C22H23ClN2O2S. The van der Waals surface area contributed by atoms with Crippen LogP contribution >= 0.6 is 22.9 Å². The van der Waals surface area contributed by atoms with Gasteiger partial charge in [-0.25, -0.2) is 4.99 Å². The SMILES string of the molecule is COc1ccc(OC)c(-c2csc(=Nc3ccc(Cl)cc3)n2C2CCCC2)c1. The van der Waals surface area contributed by atoms with E-state index in [0.29, 0.717) is 6.04 Å². The summed E-state index contributed by atoms with van der Waals surface area (Å²) in [5.74, 6) is 1.65. The van der Waals surface area contributed by atoms with Crippen LogP contribution in [0.4, 0.5) is 5.69 Å². The van der Waals surface area contributed by atoms with Gasteiger partial charge in [0.05, 0.1) is 25.6 Å². The van der Waals surface area contributed by atoms with Gasteiger partial charge in [-0.05, 0) is 55.3 Å². The molecule has 1 aliphatic carbocycles. The van der Waals surface area contributed by atoms with Crippen LogP contribution in [0.1, 0.15) is 31.7 Å². The van der Waals surface area contributed by atoms with Gasteiger partial charge in [0.15, 0.2) is 4.80 Å². The molecule has 0 aliphatic heterocycles. The quantitative estimate of drug-likeness (QED) is 0.495. The van der Waals surface area contributed by atoms with Crippen LogP contribution in [0.3, 0.4) is 0 Å². The monoisotopic (exact) mass is 414 g/mol. The van der Waals surface area contributed by atoms with Crippen LogP contribution < -0.4 is 14.3 Å². The van der Waals surface area contributed by atoms with Crippen LogP contribution in [0.2, 0.25) is 5.02 Å². The smallest absolute Gasteiger partial charge is 0.190 e. The van der Waals surface area contributed by atoms with Gasteiger partial charge in [-0.3, -0.25) is 0 Å². The van der Waals surface area contributed by atoms with Gasteiger partial charge >= 0.3 is 0 Å². The molecule has 0 spiro atoms. The van der Waals surface area contributed by atoms with Gasteiger partial charge in [-0.2, -0.15) is 0 Å². The molecule has 146 valence electrons. The Balaban J connectivity index is 1.89. The minimum atomic E-state index is 0.447. The van der Waals surface area contributed by atoms with E-state index >= 15 is 0 Å². The molecule has 0 unspecified atom stereocenters. The Bertz CT molecular complexity index is 1020. The number of methoxy groups -OCH3 is 2. The van der Waals surface area contributed by atoms with E-state index in [1.54, 1.807) is 25.6 Å². The topological polar surface area (TPSA) is 35.8 Å². The molecule has 0 N–H and O–H groups in total. The highest BCUT2D eigenvalue weighted by molar-refractivity contribution is 7.07. The van der Waals surface area contributed by atoms with Crippen molar-refractivity contribution in [3.63, 3.8) is 0 Å². The lowest BCUT2D eigenvalue weighted by Gasteiger charge is -2.18. The number of thiazole rings is 1. The second-order valence-electron chi connectivity index (χ2n) is 6.87. The second-order valence-corrected chi connectivity index (χ2v) is 8.14. The summed E-state index contributed by atoms with van der Waals surface area (Å²) in [4.78, 5) is 5.92. The molecule has 0 amide bonds. The molecule has 0 atom stereocenters. The summed E-state index contributed by atoms with van der Waals surface area (Å²) in [6, 6.07) is 14.0. The Morgan fingerprint density at radius 2 is 1.79 bits per heavy atom. The molecule has 4 nitrogen and oxygen atoms in total. The molecule has 1 fully saturated rings. The normalized spacial score (nSPS) is 15.2. The van der Waals surface area contributed by atoms with Crippen molar-refractivity contribution >= 4 is 28.6 Å². The van der Waals surface area contributed by atoms with Crippen molar-refractivity contribution in [3.8, 4) is 22.8 Å². The third kappa shape index (κ3) is 3.82. The van der Waals surface area contributed by atoms with E-state index in [-0.39, 0.29) is 0 Å². The molecule has 4 rings (SSSR count). The van der Waals surface area contributed by atoms with Gasteiger partial charge < -0.3 is 14.0 Å². The predicted octanol–water partition coefficient (Wildman–Crippen LogP) is 6.23. The first-order valence-corrected chi connectivity index (χ1v) is 10.7. The standard InChI is InChI=1S/C22H23ClN2O2S/c1-26-18-11-12-21(27-2)19(13-18)20-14-28-22(25(20)17-5-3-4-6-17)24-16-9-7-15(23)8-10-16/h7-14,17H,3-6H2,1-2H3. The summed E-state index contributed by atoms with van der Waals surface area (Å²) >= 11 is 7.68. The fourth-order valence-electron chi connectivity index (χ4n) is 3.75. The lowest BCUT2D eigenvalue weighted by molar-refractivity contribution is 0.403. The molecule has 1 heterocycles. The Morgan fingerprint density at radius 3 is 2.46 bits per heavy atom. The number of nitrogens with zero attached hydrogens (tertiary/aromatic N) is 2. The largest absolute Gasteiger partial charge is 0.497 e. The first kappa shape index (κ1) is 19.1. The molecular weight excluding hydrogens is 392 g/mol. The van der Waals surface area contributed by atoms with E-state index in [0.717, 1.165) is 38.3 Å². The van der Waals surface area contributed by atoms with Gasteiger partial charge in [-0.1, -0.05) is 24.4 Å². The number of halogens is 1. The maximum Gasteiger partial charge on any atom is 0.190 e. The number of aromatic nitrogens is 1. The van der Waals surface area contributed by atoms with Crippen LogP contribution in [-0.2, 0) is 0 Å². The fraction of sp³-hybridized carbons (Fsp3) is 0.318. The van der Waals surface area contributed by atoms with E-state index < -0.39 is 0 Å². The average Bonchev–Trinajstić information content (AvgIpc) is 3.38. The average molecular weight is 415 g/mol. The van der Waals surface area contributed by atoms with Crippen LogP contribution in [-0.4, -0.2) is 18.8 Å². The molecule has 0 saturated heterocycles. The summed E-state index contributed by atoms with van der Waals surface area (Å²) in [5, 5.41) is 2.89. The van der Waals surface area contributed by atoms with E-state index in [9.17, 15) is 0 Å². The molecule has 0 radical (unpaired) electrons. The first-order valence-electron chi connectivity index (χ1n) is 9.42. The maximum absolute atomic E-state index is 6.03. The lowest BCUT2D eigenvalue weighted by Crippen LogP contribution is -2.20. The van der Waals surface area contributed by atoms with Crippen molar-refractivity contribution in [2.45, 2.75) is 31.7 Å². The van der Waals surface area contributed by atoms with Crippen molar-refractivity contribution < 1.29 is 9.47 Å². The van der Waals surface area contributed by atoms with Crippen molar-refractivity contribution in [2.24, 2.45) is 4.99 Å². The molecule has 2 aromatic carbocycles. The van der Waals surface area contributed by atoms with E-state index in [4.69, 9.17) is 26.1 Å². The van der Waals surface area contributed by atoms with Gasteiger partial charge in [0.25, 0.3) is 0 Å². The molecule has 6 heteroatoms. The van der Waals surface area contributed by atoms with Crippen LogP contribution in [0.15, 0.2) is 52.8 Å². The Kier molecular flexibility index (Phi) is 5.74. The zero-order valence-electron chi connectivity index (χ0n) is 16.0. The third-order valence-electron chi connectivity index (χ3n) is 5.17. The highest BCUT2D eigenvalue weighted by atomic mass is 35.5. The molecule has 28 heavy (non-hydrogen) atoms. The summed E-state index contributed by atoms with van der Waals surface area (Å²) in [6.07, 6.45) is 4.85. The summed E-state index contributed by atoms with van der Waals surface area (Å²) in [6.45, 7) is 0. The van der Waals surface area contributed by atoms with Gasteiger partial charge in [0, 0.05) is 22.0 Å². The Morgan fingerprint density at radius 1 is 1.04 bits per heavy atom. The number of benzene rings is 2. The van der Waals surface area contributed by atoms with Gasteiger partial charge in [-0.15, -0.1) is 11.3 Å². The zero-order valence-corrected chi connectivity index (χ0v) is 17.6. The van der Waals surface area contributed by atoms with E-state index in [2.05, 4.69) is 9.95 Å². The number of hydrogen-bond donors (Lipinski definition) is 0. The number of ether oxygens (including phenoxy) is 2. The van der Waals surface area contributed by atoms with Crippen LogP contribution in [0, 0.1) is 0 Å². The van der Waals surface area contributed by atoms with Crippen LogP contribution in [0.25, 0.3) is 11.3 Å². The number of rotatable bonds is 5. The maximum atomic E-state index is 6.03. The van der Waals surface area contributed by atoms with Crippen molar-refractivity contribution in [1.82, 2.24) is 4.57 Å². The minimum absolute atomic E-state index is 0.447. The third-order valence-corrected chi connectivity index (χ3v) is 6.26. The first-order chi connectivity index (χ1) is 13.7. The van der Waals surface area contributed by atoms with Crippen LogP contribution in [0.5, 0.6) is 11.5 Å². The molecule has 3 aromatic rings. The molecule has 1 saturated carbocycles.